The minimum Gasteiger partial charge on any atom is -0.468 e. The van der Waals surface area contributed by atoms with Crippen molar-refractivity contribution in [1.29, 1.82) is 0 Å². The van der Waals surface area contributed by atoms with Crippen molar-refractivity contribution in [2.24, 2.45) is 0 Å². The molecule has 15 heavy (non-hydrogen) atoms. The molecule has 0 bridgehead atoms. The van der Waals surface area contributed by atoms with E-state index in [0.717, 1.165) is 7.11 Å². The normalized spacial score (nSPS) is 11.7. The second kappa shape index (κ2) is 6.76. The minimum absolute atomic E-state index is 0.261. The molecule has 6 nitrogen and oxygen atoms in total. The van der Waals surface area contributed by atoms with Crippen LogP contribution in [0, 0.1) is 0 Å². The van der Waals surface area contributed by atoms with Gasteiger partial charge in [-0.15, -0.1) is 0 Å². The lowest BCUT2D eigenvalue weighted by atomic mass is 10.4. The van der Waals surface area contributed by atoms with Crippen LogP contribution in [0.2, 0.25) is 0 Å². The van der Waals surface area contributed by atoms with Crippen molar-refractivity contribution in [3.63, 3.8) is 0 Å². The van der Waals surface area contributed by atoms with Crippen LogP contribution in [-0.2, 0) is 19.6 Å². The maximum Gasteiger partial charge on any atom is 0.322 e. The molecule has 0 aliphatic heterocycles. The van der Waals surface area contributed by atoms with Crippen LogP contribution in [0.3, 0.4) is 0 Å². The summed E-state index contributed by atoms with van der Waals surface area (Å²) in [6, 6.07) is 0.301. The molecule has 0 unspecified atom stereocenters. The molecule has 0 aromatic heterocycles. The second-order valence-electron chi connectivity index (χ2n) is 3.34. The number of methoxy groups -OCH3 is 1. The highest BCUT2D eigenvalue weighted by Gasteiger charge is 2.15. The number of ether oxygens (including phenoxy) is 1. The van der Waals surface area contributed by atoms with Crippen LogP contribution in [0.25, 0.3) is 0 Å². The van der Waals surface area contributed by atoms with E-state index in [4.69, 9.17) is 0 Å². The van der Waals surface area contributed by atoms with Crippen molar-refractivity contribution in [3.05, 3.63) is 0 Å². The lowest BCUT2D eigenvalue weighted by molar-refractivity contribution is -0.137. The van der Waals surface area contributed by atoms with E-state index in [1.54, 1.807) is 0 Å². The number of carbonyl (C=O) groups excluding carboxylic acids is 1. The highest BCUT2D eigenvalue weighted by Crippen LogP contribution is 1.86. The molecule has 7 heteroatoms. The first-order valence-electron chi connectivity index (χ1n) is 4.65. The van der Waals surface area contributed by atoms with E-state index in [1.165, 1.54) is 0 Å². The zero-order chi connectivity index (χ0) is 11.9. The molecule has 2 N–H and O–H groups in total. The summed E-state index contributed by atoms with van der Waals surface area (Å²) < 4.78 is 29.0. The zero-order valence-electron chi connectivity index (χ0n) is 9.24. The predicted molar refractivity (Wildman–Crippen MR) is 56.9 cm³/mol. The Morgan fingerprint density at radius 3 is 2.40 bits per heavy atom. The van der Waals surface area contributed by atoms with E-state index < -0.39 is 21.7 Å². The molecule has 0 amide bonds. The highest BCUT2D eigenvalue weighted by atomic mass is 32.2. The van der Waals surface area contributed by atoms with E-state index in [2.05, 4.69) is 14.8 Å². The van der Waals surface area contributed by atoms with Gasteiger partial charge in [-0.2, -0.15) is 0 Å². The average Bonchev–Trinajstić information content (AvgIpc) is 2.11. The van der Waals surface area contributed by atoms with Gasteiger partial charge in [0.05, 0.1) is 7.11 Å². The molecule has 0 rings (SSSR count). The van der Waals surface area contributed by atoms with Gasteiger partial charge in [-0.1, -0.05) is 13.8 Å². The summed E-state index contributed by atoms with van der Waals surface area (Å²) in [5.41, 5.74) is 0. The molecule has 0 saturated carbocycles. The number of sulfonamides is 1. The summed E-state index contributed by atoms with van der Waals surface area (Å²) in [7, 11) is -2.40. The Hall–Kier alpha value is -0.660. The van der Waals surface area contributed by atoms with Crippen LogP contribution in [0.15, 0.2) is 0 Å². The molecule has 90 valence electrons. The number of nitrogens with one attached hydrogen (secondary N) is 2. The third-order valence-corrected chi connectivity index (χ3v) is 2.79. The van der Waals surface area contributed by atoms with Gasteiger partial charge in [0.15, 0.2) is 5.75 Å². The molecular formula is C8H18N2O4S. The summed E-state index contributed by atoms with van der Waals surface area (Å²) in [6.07, 6.45) is 0. The smallest absolute Gasteiger partial charge is 0.322 e. The monoisotopic (exact) mass is 238 g/mol. The number of carbonyl (C=O) groups is 1. The lowest BCUT2D eigenvalue weighted by Gasteiger charge is -2.08. The first-order valence-corrected chi connectivity index (χ1v) is 6.30. The molecule has 0 aliphatic carbocycles. The number of hydrogen-bond donors (Lipinski definition) is 2. The molecule has 0 aromatic rings. The molecule has 0 saturated heterocycles. The summed E-state index contributed by atoms with van der Waals surface area (Å²) in [4.78, 5) is 10.7. The number of hydrogen-bond acceptors (Lipinski definition) is 5. The largest absolute Gasteiger partial charge is 0.468 e. The summed E-state index contributed by atoms with van der Waals surface area (Å²) in [5.74, 6) is -1.40. The second-order valence-corrected chi connectivity index (χ2v) is 5.15. The standard InChI is InChI=1S/C8H18N2O4S/c1-7(2)9-4-5-10-15(12,13)6-8(11)14-3/h7,9-10H,4-6H2,1-3H3. The van der Waals surface area contributed by atoms with Gasteiger partial charge in [-0.05, 0) is 0 Å². The van der Waals surface area contributed by atoms with Crippen LogP contribution in [0.1, 0.15) is 13.8 Å². The Morgan fingerprint density at radius 1 is 1.33 bits per heavy atom. The van der Waals surface area contributed by atoms with Gasteiger partial charge >= 0.3 is 5.97 Å². The van der Waals surface area contributed by atoms with Crippen molar-refractivity contribution in [3.8, 4) is 0 Å². The van der Waals surface area contributed by atoms with Crippen molar-refractivity contribution in [1.82, 2.24) is 10.0 Å². The van der Waals surface area contributed by atoms with E-state index in [-0.39, 0.29) is 6.54 Å². The maximum atomic E-state index is 11.2. The predicted octanol–water partition coefficient (Wildman–Crippen LogP) is -0.923. The fourth-order valence-electron chi connectivity index (χ4n) is 0.832. The quantitative estimate of drug-likeness (QED) is 0.442. The third kappa shape index (κ3) is 8.34. The van der Waals surface area contributed by atoms with E-state index in [1.807, 2.05) is 13.8 Å². The molecule has 0 heterocycles. The van der Waals surface area contributed by atoms with Gasteiger partial charge < -0.3 is 10.1 Å². The van der Waals surface area contributed by atoms with Crippen molar-refractivity contribution in [2.45, 2.75) is 19.9 Å². The fourth-order valence-corrected chi connectivity index (χ4v) is 1.78. The van der Waals surface area contributed by atoms with Crippen LogP contribution in [-0.4, -0.2) is 46.4 Å². The highest BCUT2D eigenvalue weighted by molar-refractivity contribution is 7.90. The van der Waals surface area contributed by atoms with Crippen LogP contribution in [0.4, 0.5) is 0 Å². The molecular weight excluding hydrogens is 220 g/mol. The Bertz CT molecular complexity index is 287. The lowest BCUT2D eigenvalue weighted by Crippen LogP contribution is -2.37. The van der Waals surface area contributed by atoms with Crippen molar-refractivity contribution >= 4 is 16.0 Å². The molecule has 0 aromatic carbocycles. The Kier molecular flexibility index (Phi) is 6.46. The molecule has 0 radical (unpaired) electrons. The van der Waals surface area contributed by atoms with Gasteiger partial charge in [0.2, 0.25) is 10.0 Å². The summed E-state index contributed by atoms with van der Waals surface area (Å²) >= 11 is 0. The SMILES string of the molecule is COC(=O)CS(=O)(=O)NCCNC(C)C. The number of rotatable bonds is 7. The minimum atomic E-state index is -3.56. The molecule has 0 fully saturated rings. The van der Waals surface area contributed by atoms with Gasteiger partial charge in [0.1, 0.15) is 0 Å². The van der Waals surface area contributed by atoms with Crippen LogP contribution in [0.5, 0.6) is 0 Å². The van der Waals surface area contributed by atoms with Gasteiger partial charge in [0, 0.05) is 19.1 Å². The molecule has 0 spiro atoms. The Labute approximate surface area is 90.4 Å². The van der Waals surface area contributed by atoms with Gasteiger partial charge in [0.25, 0.3) is 0 Å². The third-order valence-electron chi connectivity index (χ3n) is 1.54. The van der Waals surface area contributed by atoms with E-state index in [0.29, 0.717) is 12.6 Å². The van der Waals surface area contributed by atoms with E-state index >= 15 is 0 Å². The first kappa shape index (κ1) is 14.3. The van der Waals surface area contributed by atoms with Gasteiger partial charge in [-0.3, -0.25) is 4.79 Å². The van der Waals surface area contributed by atoms with Crippen LogP contribution >= 0.6 is 0 Å². The summed E-state index contributed by atoms with van der Waals surface area (Å²) in [5, 5.41) is 3.04. The molecule has 0 aliphatic rings. The summed E-state index contributed by atoms with van der Waals surface area (Å²) in [6.45, 7) is 4.71. The first-order chi connectivity index (χ1) is 6.87. The fraction of sp³-hybridized carbons (Fsp3) is 0.875. The average molecular weight is 238 g/mol. The van der Waals surface area contributed by atoms with Gasteiger partial charge in [-0.25, -0.2) is 13.1 Å². The zero-order valence-corrected chi connectivity index (χ0v) is 10.1. The molecule has 0 atom stereocenters. The van der Waals surface area contributed by atoms with E-state index in [9.17, 15) is 13.2 Å². The topological polar surface area (TPSA) is 84.5 Å². The number of esters is 1. The maximum absolute atomic E-state index is 11.2. The Balaban J connectivity index is 3.80. The van der Waals surface area contributed by atoms with Crippen molar-refractivity contribution < 1.29 is 17.9 Å². The Morgan fingerprint density at radius 2 is 1.93 bits per heavy atom. The van der Waals surface area contributed by atoms with Crippen LogP contribution < -0.4 is 10.0 Å². The van der Waals surface area contributed by atoms with Crippen molar-refractivity contribution in [2.75, 3.05) is 26.0 Å².